The molecule has 2 aromatic heterocycles. The van der Waals surface area contributed by atoms with Crippen LogP contribution < -0.4 is 11.5 Å². The number of primary amides is 1. The van der Waals surface area contributed by atoms with Crippen molar-refractivity contribution in [3.05, 3.63) is 33.8 Å². The minimum Gasteiger partial charge on any atom is -0.368 e. The number of hydrogen-bond donors (Lipinski definition) is 2. The summed E-state index contributed by atoms with van der Waals surface area (Å²) < 4.78 is 1.06. The Labute approximate surface area is 106 Å². The van der Waals surface area contributed by atoms with Crippen LogP contribution in [0.2, 0.25) is 0 Å². The van der Waals surface area contributed by atoms with Crippen molar-refractivity contribution in [2.24, 2.45) is 5.73 Å². The number of nitrogen functional groups attached to an aromatic ring is 1. The van der Waals surface area contributed by atoms with Crippen LogP contribution in [0.3, 0.4) is 0 Å². The molecule has 0 saturated carbocycles. The average Bonchev–Trinajstić information content (AvgIpc) is 2.76. The normalized spacial score (nSPS) is 10.4. The van der Waals surface area contributed by atoms with Crippen LogP contribution in [0.1, 0.15) is 16.2 Å². The van der Waals surface area contributed by atoms with E-state index < -0.39 is 10.8 Å². The predicted molar refractivity (Wildman–Crippen MR) is 63.5 cm³/mol. The summed E-state index contributed by atoms with van der Waals surface area (Å²) in [7, 11) is 0. The van der Waals surface area contributed by atoms with Crippen LogP contribution in [-0.4, -0.2) is 30.6 Å². The van der Waals surface area contributed by atoms with Gasteiger partial charge in [-0.05, 0) is 13.0 Å². The lowest BCUT2D eigenvalue weighted by Crippen LogP contribution is -2.14. The topological polar surface area (TPSA) is 156 Å². The van der Waals surface area contributed by atoms with E-state index in [4.69, 9.17) is 11.5 Å². The maximum Gasteiger partial charge on any atom is 0.334 e. The summed E-state index contributed by atoms with van der Waals surface area (Å²) in [5.74, 6) is -1.00. The van der Waals surface area contributed by atoms with Crippen LogP contribution in [0.4, 0.5) is 11.6 Å². The van der Waals surface area contributed by atoms with Crippen molar-refractivity contribution < 1.29 is 9.72 Å². The van der Waals surface area contributed by atoms with Gasteiger partial charge in [0.15, 0.2) is 0 Å². The number of carbonyl (C=O) groups is 1. The highest BCUT2D eigenvalue weighted by molar-refractivity contribution is 5.90. The molecule has 98 valence electrons. The molecule has 10 heteroatoms. The van der Waals surface area contributed by atoms with Gasteiger partial charge in [0.2, 0.25) is 11.8 Å². The molecule has 0 bridgehead atoms. The van der Waals surface area contributed by atoms with Gasteiger partial charge in [-0.25, -0.2) is 9.67 Å². The Hall–Kier alpha value is -3.04. The lowest BCUT2D eigenvalue weighted by Gasteiger charge is -2.04. The summed E-state index contributed by atoms with van der Waals surface area (Å²) >= 11 is 0. The van der Waals surface area contributed by atoms with Gasteiger partial charge in [0.25, 0.3) is 5.91 Å². The van der Waals surface area contributed by atoms with E-state index in [0.717, 1.165) is 4.68 Å². The molecule has 2 aromatic rings. The highest BCUT2D eigenvalue weighted by atomic mass is 16.6. The van der Waals surface area contributed by atoms with Gasteiger partial charge in [-0.1, -0.05) is 0 Å². The summed E-state index contributed by atoms with van der Waals surface area (Å²) in [5.41, 5.74) is 10.2. The van der Waals surface area contributed by atoms with Crippen LogP contribution in [0.25, 0.3) is 5.82 Å². The molecule has 0 fully saturated rings. The summed E-state index contributed by atoms with van der Waals surface area (Å²) in [4.78, 5) is 28.8. The molecule has 2 heterocycles. The van der Waals surface area contributed by atoms with E-state index in [1.807, 2.05) is 0 Å². The molecule has 19 heavy (non-hydrogen) atoms. The van der Waals surface area contributed by atoms with Crippen molar-refractivity contribution in [1.29, 1.82) is 0 Å². The fraction of sp³-hybridized carbons (Fsp3) is 0.111. The second-order valence-corrected chi connectivity index (χ2v) is 3.61. The highest BCUT2D eigenvalue weighted by Gasteiger charge is 2.24. The minimum atomic E-state index is -0.750. The molecule has 4 N–H and O–H groups in total. The third kappa shape index (κ3) is 2.18. The van der Waals surface area contributed by atoms with Crippen molar-refractivity contribution >= 4 is 17.5 Å². The maximum absolute atomic E-state index is 11.0. The van der Waals surface area contributed by atoms with Crippen LogP contribution in [0.15, 0.2) is 12.3 Å². The van der Waals surface area contributed by atoms with Gasteiger partial charge in [0, 0.05) is 6.20 Å². The van der Waals surface area contributed by atoms with Gasteiger partial charge in [-0.3, -0.25) is 14.9 Å². The third-order valence-corrected chi connectivity index (χ3v) is 2.30. The average molecular weight is 263 g/mol. The second-order valence-electron chi connectivity index (χ2n) is 3.61. The van der Waals surface area contributed by atoms with E-state index in [0.29, 0.717) is 0 Å². The molecular weight excluding hydrogens is 254 g/mol. The van der Waals surface area contributed by atoms with Crippen LogP contribution in [-0.2, 0) is 0 Å². The fourth-order valence-electron chi connectivity index (χ4n) is 1.52. The molecule has 0 radical (unpaired) electrons. The van der Waals surface area contributed by atoms with E-state index in [9.17, 15) is 14.9 Å². The van der Waals surface area contributed by atoms with Gasteiger partial charge < -0.3 is 11.5 Å². The van der Waals surface area contributed by atoms with Crippen molar-refractivity contribution in [3.63, 3.8) is 0 Å². The summed E-state index contributed by atoms with van der Waals surface area (Å²) in [5, 5.41) is 14.8. The number of nitrogens with zero attached hydrogens (tertiary/aromatic N) is 5. The number of aromatic nitrogens is 4. The van der Waals surface area contributed by atoms with E-state index in [-0.39, 0.29) is 28.8 Å². The van der Waals surface area contributed by atoms with Gasteiger partial charge >= 0.3 is 5.69 Å². The summed E-state index contributed by atoms with van der Waals surface area (Å²) in [6.45, 7) is 1.43. The minimum absolute atomic E-state index is 0.0378. The summed E-state index contributed by atoms with van der Waals surface area (Å²) in [6, 6.07) is 1.32. The van der Waals surface area contributed by atoms with Crippen molar-refractivity contribution in [3.8, 4) is 5.82 Å². The Bertz CT molecular complexity index is 678. The number of rotatable bonds is 3. The van der Waals surface area contributed by atoms with Gasteiger partial charge in [-0.2, -0.15) is 10.1 Å². The number of anilines is 1. The first-order chi connectivity index (χ1) is 8.90. The summed E-state index contributed by atoms with van der Waals surface area (Å²) in [6.07, 6.45) is 1.33. The second kappa shape index (κ2) is 4.33. The lowest BCUT2D eigenvalue weighted by molar-refractivity contribution is -0.385. The first-order valence-corrected chi connectivity index (χ1v) is 5.04. The number of nitro groups is 1. The number of nitrogens with two attached hydrogens (primary N) is 2. The maximum atomic E-state index is 11.0. The Morgan fingerprint density at radius 3 is 2.68 bits per heavy atom. The Morgan fingerprint density at radius 1 is 1.47 bits per heavy atom. The molecule has 0 aliphatic rings. The van der Waals surface area contributed by atoms with Crippen LogP contribution in [0.5, 0.6) is 0 Å². The number of amides is 1. The van der Waals surface area contributed by atoms with Crippen molar-refractivity contribution in [2.75, 3.05) is 5.73 Å². The first-order valence-electron chi connectivity index (χ1n) is 5.04. The Morgan fingerprint density at radius 2 is 2.16 bits per heavy atom. The molecule has 0 aliphatic carbocycles. The molecule has 1 amide bonds. The molecule has 2 rings (SSSR count). The first kappa shape index (κ1) is 12.4. The predicted octanol–water partition coefficient (Wildman–Crippen LogP) is -0.440. The van der Waals surface area contributed by atoms with E-state index in [1.165, 1.54) is 19.2 Å². The molecule has 0 saturated heterocycles. The van der Waals surface area contributed by atoms with Crippen LogP contribution >= 0.6 is 0 Å². The number of aryl methyl sites for hydroxylation is 1. The molecule has 0 aliphatic heterocycles. The zero-order valence-electron chi connectivity index (χ0n) is 9.77. The monoisotopic (exact) mass is 263 g/mol. The van der Waals surface area contributed by atoms with E-state index in [2.05, 4.69) is 15.1 Å². The van der Waals surface area contributed by atoms with E-state index >= 15 is 0 Å². The molecule has 0 spiro atoms. The third-order valence-electron chi connectivity index (χ3n) is 2.30. The van der Waals surface area contributed by atoms with Crippen molar-refractivity contribution in [1.82, 2.24) is 19.7 Å². The van der Waals surface area contributed by atoms with Gasteiger partial charge in [-0.15, -0.1) is 0 Å². The zero-order chi connectivity index (χ0) is 14.2. The fourth-order valence-corrected chi connectivity index (χ4v) is 1.52. The lowest BCUT2D eigenvalue weighted by atomic mass is 10.3. The standard InChI is InChI=1S/C9H9N7O3/c1-4-6(16(18)19)8(13-9(11)12-4)15-3-2-5(14-15)7(10)17/h2-3H,1H3,(H2,10,17)(H2,11,12,13). The quantitative estimate of drug-likeness (QED) is 0.561. The Balaban J connectivity index is 2.66. The zero-order valence-corrected chi connectivity index (χ0v) is 9.77. The number of carbonyl (C=O) groups excluding carboxylic acids is 1. The van der Waals surface area contributed by atoms with Crippen LogP contribution in [0, 0.1) is 17.0 Å². The smallest absolute Gasteiger partial charge is 0.334 e. The van der Waals surface area contributed by atoms with Gasteiger partial charge in [0.05, 0.1) is 4.92 Å². The van der Waals surface area contributed by atoms with Crippen molar-refractivity contribution in [2.45, 2.75) is 6.92 Å². The SMILES string of the molecule is Cc1nc(N)nc(-n2ccc(C(N)=O)n2)c1[N+](=O)[O-]. The number of hydrogen-bond acceptors (Lipinski definition) is 7. The van der Waals surface area contributed by atoms with Gasteiger partial charge in [0.1, 0.15) is 11.4 Å². The Kier molecular flexibility index (Phi) is 2.83. The van der Waals surface area contributed by atoms with E-state index in [1.54, 1.807) is 0 Å². The molecule has 0 unspecified atom stereocenters. The molecule has 0 atom stereocenters. The largest absolute Gasteiger partial charge is 0.368 e. The molecule has 10 nitrogen and oxygen atoms in total. The molecular formula is C9H9N7O3. The highest BCUT2D eigenvalue weighted by Crippen LogP contribution is 2.24. The molecule has 0 aromatic carbocycles.